The summed E-state index contributed by atoms with van der Waals surface area (Å²) in [4.78, 5) is 38.6. The van der Waals surface area contributed by atoms with Crippen LogP contribution in [0.25, 0.3) is 11.1 Å². The molecule has 1 aliphatic carbocycles. The molecule has 1 aliphatic heterocycles. The second-order valence-corrected chi connectivity index (χ2v) is 8.89. The summed E-state index contributed by atoms with van der Waals surface area (Å²) in [7, 11) is 1.53. The standard InChI is InChI=1S/C26H30N2O7/c1-34-12-6-11-22(24(30)28-14-16(29)13-23(28)25(31)32)27-26(33)35-15-21-19-9-4-2-7-17(19)18-8-3-5-10-20(18)21/h2-5,7-10,16,21-23,29H,6,11-15H2,1H3,(H,27,33)(H,31,32). The van der Waals surface area contributed by atoms with Crippen LogP contribution >= 0.6 is 0 Å². The maximum Gasteiger partial charge on any atom is 0.407 e. The van der Waals surface area contributed by atoms with Gasteiger partial charge in [0.15, 0.2) is 0 Å². The summed E-state index contributed by atoms with van der Waals surface area (Å²) >= 11 is 0. The first-order valence-corrected chi connectivity index (χ1v) is 11.7. The number of methoxy groups -OCH3 is 1. The Kier molecular flexibility index (Phi) is 7.67. The zero-order valence-electron chi connectivity index (χ0n) is 19.6. The van der Waals surface area contributed by atoms with E-state index in [2.05, 4.69) is 5.32 Å². The molecule has 2 aromatic rings. The van der Waals surface area contributed by atoms with Gasteiger partial charge in [0.05, 0.1) is 6.10 Å². The zero-order chi connectivity index (χ0) is 24.9. The summed E-state index contributed by atoms with van der Waals surface area (Å²) < 4.78 is 10.6. The fraction of sp³-hybridized carbons (Fsp3) is 0.423. The lowest BCUT2D eigenvalue weighted by Gasteiger charge is -2.27. The lowest BCUT2D eigenvalue weighted by molar-refractivity contribution is -0.149. The fourth-order valence-corrected chi connectivity index (χ4v) is 4.96. The Bertz CT molecular complexity index is 1040. The molecule has 0 bridgehead atoms. The van der Waals surface area contributed by atoms with Crippen molar-refractivity contribution in [1.82, 2.24) is 10.2 Å². The van der Waals surface area contributed by atoms with E-state index >= 15 is 0 Å². The average molecular weight is 483 g/mol. The highest BCUT2D eigenvalue weighted by Gasteiger charge is 2.41. The van der Waals surface area contributed by atoms with Gasteiger partial charge in [-0.05, 0) is 35.1 Å². The minimum atomic E-state index is -1.19. The van der Waals surface area contributed by atoms with Crippen molar-refractivity contribution in [2.24, 2.45) is 0 Å². The predicted molar refractivity (Wildman–Crippen MR) is 127 cm³/mol. The van der Waals surface area contributed by atoms with E-state index < -0.39 is 36.2 Å². The fourth-order valence-electron chi connectivity index (χ4n) is 4.96. The van der Waals surface area contributed by atoms with Gasteiger partial charge in [-0.2, -0.15) is 0 Å². The molecule has 0 saturated carbocycles. The van der Waals surface area contributed by atoms with Crippen LogP contribution in [0.15, 0.2) is 48.5 Å². The Morgan fingerprint density at radius 3 is 2.31 bits per heavy atom. The first kappa shape index (κ1) is 24.7. The number of carboxylic acid groups (broad SMARTS) is 1. The second kappa shape index (κ2) is 10.9. The number of aliphatic carboxylic acids is 1. The van der Waals surface area contributed by atoms with Gasteiger partial charge in [0.2, 0.25) is 5.91 Å². The minimum absolute atomic E-state index is 0.0448. The Labute approximate surface area is 203 Å². The third-order valence-corrected chi connectivity index (χ3v) is 6.62. The molecule has 2 aromatic carbocycles. The molecule has 186 valence electrons. The van der Waals surface area contributed by atoms with E-state index in [0.717, 1.165) is 27.2 Å². The molecule has 1 heterocycles. The van der Waals surface area contributed by atoms with Crippen LogP contribution in [0.3, 0.4) is 0 Å². The van der Waals surface area contributed by atoms with E-state index in [1.807, 2.05) is 48.5 Å². The summed E-state index contributed by atoms with van der Waals surface area (Å²) in [6.45, 7) is 0.378. The number of alkyl carbamates (subject to hydrolysis) is 1. The Morgan fingerprint density at radius 2 is 1.71 bits per heavy atom. The quantitative estimate of drug-likeness (QED) is 0.469. The molecule has 0 aromatic heterocycles. The third-order valence-electron chi connectivity index (χ3n) is 6.62. The summed E-state index contributed by atoms with van der Waals surface area (Å²) in [6, 6.07) is 13.8. The maximum atomic E-state index is 13.2. The number of carbonyl (C=O) groups is 3. The highest BCUT2D eigenvalue weighted by Crippen LogP contribution is 2.44. The van der Waals surface area contributed by atoms with E-state index in [0.29, 0.717) is 13.0 Å². The van der Waals surface area contributed by atoms with Crippen molar-refractivity contribution >= 4 is 18.0 Å². The molecule has 4 rings (SSSR count). The number of likely N-dealkylation sites (tertiary alicyclic amines) is 1. The van der Waals surface area contributed by atoms with Crippen molar-refractivity contribution in [1.29, 1.82) is 0 Å². The van der Waals surface area contributed by atoms with Gasteiger partial charge in [0, 0.05) is 32.6 Å². The van der Waals surface area contributed by atoms with Gasteiger partial charge in [-0.1, -0.05) is 48.5 Å². The molecule has 3 atom stereocenters. The number of aliphatic hydroxyl groups excluding tert-OH is 1. The van der Waals surface area contributed by atoms with Crippen LogP contribution in [0.5, 0.6) is 0 Å². The first-order valence-electron chi connectivity index (χ1n) is 11.7. The number of ether oxygens (including phenoxy) is 2. The Balaban J connectivity index is 1.44. The molecule has 2 amide bonds. The monoisotopic (exact) mass is 482 g/mol. The van der Waals surface area contributed by atoms with Crippen molar-refractivity contribution in [2.45, 2.75) is 43.4 Å². The van der Waals surface area contributed by atoms with Crippen LogP contribution in [0, 0.1) is 0 Å². The molecule has 1 saturated heterocycles. The molecule has 3 unspecified atom stereocenters. The SMILES string of the molecule is COCCCC(NC(=O)OCC1c2ccccc2-c2ccccc21)C(=O)N1CC(O)CC1C(=O)O. The topological polar surface area (TPSA) is 125 Å². The number of β-amino-alcohol motifs (C(OH)–C–C–N with tert-alkyl or cyclic N) is 1. The molecule has 1 fully saturated rings. The summed E-state index contributed by atoms with van der Waals surface area (Å²) in [5.41, 5.74) is 4.36. The number of amides is 2. The zero-order valence-corrected chi connectivity index (χ0v) is 19.6. The van der Waals surface area contributed by atoms with Gasteiger partial charge in [0.1, 0.15) is 18.7 Å². The normalized spacial score (nSPS) is 19.7. The van der Waals surface area contributed by atoms with Gasteiger partial charge in [0.25, 0.3) is 0 Å². The molecule has 0 spiro atoms. The van der Waals surface area contributed by atoms with Crippen molar-refractivity contribution in [3.63, 3.8) is 0 Å². The van der Waals surface area contributed by atoms with Gasteiger partial charge in [-0.3, -0.25) is 4.79 Å². The van der Waals surface area contributed by atoms with Crippen LogP contribution < -0.4 is 5.32 Å². The summed E-state index contributed by atoms with van der Waals surface area (Å²) in [5.74, 6) is -1.87. The molecule has 0 radical (unpaired) electrons. The highest BCUT2D eigenvalue weighted by atomic mass is 16.5. The van der Waals surface area contributed by atoms with E-state index in [9.17, 15) is 24.6 Å². The third kappa shape index (κ3) is 5.31. The first-order chi connectivity index (χ1) is 16.9. The number of nitrogens with zero attached hydrogens (tertiary/aromatic N) is 1. The minimum Gasteiger partial charge on any atom is -0.480 e. The van der Waals surface area contributed by atoms with Crippen LogP contribution in [0.4, 0.5) is 4.79 Å². The lowest BCUT2D eigenvalue weighted by Crippen LogP contribution is -2.52. The van der Waals surface area contributed by atoms with Crippen molar-refractivity contribution in [3.05, 3.63) is 59.7 Å². The van der Waals surface area contributed by atoms with E-state index in [-0.39, 0.29) is 31.9 Å². The molecule has 9 heteroatoms. The number of carbonyl (C=O) groups excluding carboxylic acids is 2. The number of fused-ring (bicyclic) bond motifs is 3. The van der Waals surface area contributed by atoms with Gasteiger partial charge in [-0.15, -0.1) is 0 Å². The Hall–Kier alpha value is -3.43. The number of nitrogens with one attached hydrogen (secondary N) is 1. The van der Waals surface area contributed by atoms with Crippen molar-refractivity contribution in [2.75, 3.05) is 26.9 Å². The molecular formula is C26H30N2O7. The van der Waals surface area contributed by atoms with E-state index in [1.165, 1.54) is 7.11 Å². The number of benzene rings is 2. The van der Waals surface area contributed by atoms with E-state index in [1.54, 1.807) is 0 Å². The molecule has 2 aliphatic rings. The van der Waals surface area contributed by atoms with Gasteiger partial charge < -0.3 is 29.9 Å². The Morgan fingerprint density at radius 1 is 1.09 bits per heavy atom. The molecule has 9 nitrogen and oxygen atoms in total. The van der Waals surface area contributed by atoms with Crippen LogP contribution in [0.1, 0.15) is 36.3 Å². The number of aliphatic hydroxyl groups is 1. The van der Waals surface area contributed by atoms with Crippen LogP contribution in [0.2, 0.25) is 0 Å². The molecular weight excluding hydrogens is 452 g/mol. The predicted octanol–water partition coefficient (Wildman–Crippen LogP) is 2.37. The van der Waals surface area contributed by atoms with E-state index in [4.69, 9.17) is 9.47 Å². The number of hydrogen-bond donors (Lipinski definition) is 3. The average Bonchev–Trinajstić information content (AvgIpc) is 3.40. The van der Waals surface area contributed by atoms with Crippen LogP contribution in [-0.4, -0.2) is 78.1 Å². The lowest BCUT2D eigenvalue weighted by atomic mass is 9.98. The highest BCUT2D eigenvalue weighted by molar-refractivity contribution is 5.90. The molecule has 3 N–H and O–H groups in total. The number of rotatable bonds is 9. The van der Waals surface area contributed by atoms with Gasteiger partial charge in [-0.25, -0.2) is 9.59 Å². The summed E-state index contributed by atoms with van der Waals surface area (Å²) in [5, 5.41) is 22.0. The number of hydrogen-bond acceptors (Lipinski definition) is 6. The summed E-state index contributed by atoms with van der Waals surface area (Å²) in [6.07, 6.45) is -1.000. The smallest absolute Gasteiger partial charge is 0.407 e. The van der Waals surface area contributed by atoms with Crippen molar-refractivity contribution in [3.8, 4) is 11.1 Å². The number of carboxylic acids is 1. The van der Waals surface area contributed by atoms with Crippen LogP contribution in [-0.2, 0) is 19.1 Å². The van der Waals surface area contributed by atoms with Crippen molar-refractivity contribution < 1.29 is 34.1 Å². The second-order valence-electron chi connectivity index (χ2n) is 8.89. The maximum absolute atomic E-state index is 13.2. The molecule has 35 heavy (non-hydrogen) atoms. The van der Waals surface area contributed by atoms with Gasteiger partial charge >= 0.3 is 12.1 Å². The largest absolute Gasteiger partial charge is 0.480 e.